The fourth-order valence-electron chi connectivity index (χ4n) is 1.73. The normalized spacial score (nSPS) is 13.2. The number of nitrogens with two attached hydrogens (primary N) is 1. The third-order valence-corrected chi connectivity index (χ3v) is 6.66. The second-order valence-electron chi connectivity index (χ2n) is 4.17. The Kier molecular flexibility index (Phi) is 4.61. The molecule has 7 nitrogen and oxygen atoms in total. The first-order valence-corrected chi connectivity index (χ1v) is 9.12. The highest BCUT2D eigenvalue weighted by Gasteiger charge is 2.27. The van der Waals surface area contributed by atoms with Gasteiger partial charge in [-0.15, -0.1) is 11.3 Å². The zero-order chi connectivity index (χ0) is 15.6. The van der Waals surface area contributed by atoms with Crippen molar-refractivity contribution in [2.24, 2.45) is 0 Å². The lowest BCUT2D eigenvalue weighted by molar-refractivity contribution is -0.383. The van der Waals surface area contributed by atoms with E-state index in [0.717, 1.165) is 10.9 Å². The molecule has 0 saturated heterocycles. The van der Waals surface area contributed by atoms with E-state index in [-0.39, 0.29) is 20.9 Å². The van der Waals surface area contributed by atoms with E-state index in [4.69, 9.17) is 5.73 Å². The molecule has 114 valence electrons. The summed E-state index contributed by atoms with van der Waals surface area (Å²) >= 11 is 2.14. The Bertz CT molecular complexity index is 737. The van der Waals surface area contributed by atoms with E-state index < -0.39 is 14.9 Å². The number of hydrogen-bond acceptors (Lipinski definition) is 7. The van der Waals surface area contributed by atoms with Crippen LogP contribution in [0.2, 0.25) is 0 Å². The monoisotopic (exact) mass is 347 g/mol. The van der Waals surface area contributed by atoms with E-state index in [1.165, 1.54) is 11.3 Å². The van der Waals surface area contributed by atoms with Gasteiger partial charge in [-0.3, -0.25) is 10.1 Å². The third-order valence-electron chi connectivity index (χ3n) is 2.77. The minimum Gasteiger partial charge on any atom is -0.385 e. The van der Waals surface area contributed by atoms with Crippen LogP contribution >= 0.6 is 22.7 Å². The van der Waals surface area contributed by atoms with Gasteiger partial charge in [0.1, 0.15) is 4.21 Å². The standard InChI is InChI=1S/C11H13N3O4S3/c1-2-7(9-4-3-5-19-9)13-21(17,18)10-6-8(14(15)16)11(12)20-10/h3-7,13H,2,12H2,1H3. The van der Waals surface area contributed by atoms with Gasteiger partial charge < -0.3 is 5.73 Å². The van der Waals surface area contributed by atoms with Crippen molar-refractivity contribution in [3.63, 3.8) is 0 Å². The molecule has 0 fully saturated rings. The lowest BCUT2D eigenvalue weighted by Crippen LogP contribution is -2.27. The van der Waals surface area contributed by atoms with Gasteiger partial charge in [0.15, 0.2) is 5.00 Å². The van der Waals surface area contributed by atoms with Crippen molar-refractivity contribution >= 4 is 43.4 Å². The van der Waals surface area contributed by atoms with Gasteiger partial charge in [-0.2, -0.15) is 0 Å². The minimum absolute atomic E-state index is 0.121. The van der Waals surface area contributed by atoms with Crippen LogP contribution in [0.4, 0.5) is 10.7 Å². The van der Waals surface area contributed by atoms with Gasteiger partial charge in [0.05, 0.1) is 11.0 Å². The SMILES string of the molecule is CCC(NS(=O)(=O)c1cc([N+](=O)[O-])c(N)s1)c1cccs1. The lowest BCUT2D eigenvalue weighted by atomic mass is 10.2. The van der Waals surface area contributed by atoms with Crippen LogP contribution in [-0.2, 0) is 10.0 Å². The Hall–Kier alpha value is -1.49. The maximum Gasteiger partial charge on any atom is 0.304 e. The van der Waals surface area contributed by atoms with Crippen LogP contribution in [0, 0.1) is 10.1 Å². The molecule has 21 heavy (non-hydrogen) atoms. The number of nitrogens with zero attached hydrogens (tertiary/aromatic N) is 1. The van der Waals surface area contributed by atoms with Crippen molar-refractivity contribution < 1.29 is 13.3 Å². The van der Waals surface area contributed by atoms with E-state index in [1.54, 1.807) is 0 Å². The summed E-state index contributed by atoms with van der Waals surface area (Å²) in [6.07, 6.45) is 0.572. The van der Waals surface area contributed by atoms with Crippen molar-refractivity contribution in [2.75, 3.05) is 5.73 Å². The number of thiophene rings is 2. The van der Waals surface area contributed by atoms with Crippen LogP contribution in [0.3, 0.4) is 0 Å². The Morgan fingerprint density at radius 2 is 2.24 bits per heavy atom. The molecular weight excluding hydrogens is 334 g/mol. The second kappa shape index (κ2) is 6.10. The number of sulfonamides is 1. The highest BCUT2D eigenvalue weighted by atomic mass is 32.2. The quantitative estimate of drug-likeness (QED) is 0.616. The molecule has 0 radical (unpaired) electrons. The van der Waals surface area contributed by atoms with Crippen LogP contribution in [0.25, 0.3) is 0 Å². The summed E-state index contributed by atoms with van der Waals surface area (Å²) in [5.41, 5.74) is 5.10. The Morgan fingerprint density at radius 3 is 2.71 bits per heavy atom. The Labute approximate surface area is 129 Å². The van der Waals surface area contributed by atoms with E-state index in [9.17, 15) is 18.5 Å². The highest BCUT2D eigenvalue weighted by Crippen LogP contribution is 2.35. The average molecular weight is 347 g/mol. The van der Waals surface area contributed by atoms with Gasteiger partial charge >= 0.3 is 5.69 Å². The molecule has 0 aliphatic heterocycles. The number of nitrogen functional groups attached to an aromatic ring is 1. The lowest BCUT2D eigenvalue weighted by Gasteiger charge is -2.14. The molecule has 0 spiro atoms. The molecule has 2 heterocycles. The fraction of sp³-hybridized carbons (Fsp3) is 0.273. The Balaban J connectivity index is 2.30. The van der Waals surface area contributed by atoms with Crippen LogP contribution in [0.15, 0.2) is 27.8 Å². The average Bonchev–Trinajstić information content (AvgIpc) is 3.05. The largest absolute Gasteiger partial charge is 0.385 e. The molecule has 2 aromatic rings. The summed E-state index contributed by atoms with van der Waals surface area (Å²) in [6.45, 7) is 1.86. The van der Waals surface area contributed by atoms with Crippen molar-refractivity contribution in [3.8, 4) is 0 Å². The molecule has 0 aliphatic carbocycles. The first-order chi connectivity index (χ1) is 9.85. The Morgan fingerprint density at radius 1 is 1.52 bits per heavy atom. The van der Waals surface area contributed by atoms with Gasteiger partial charge in [-0.05, 0) is 17.9 Å². The highest BCUT2D eigenvalue weighted by molar-refractivity contribution is 7.91. The molecule has 0 bridgehead atoms. The molecule has 0 amide bonds. The first kappa shape index (κ1) is 15.9. The number of rotatable bonds is 6. The van der Waals surface area contributed by atoms with E-state index >= 15 is 0 Å². The zero-order valence-electron chi connectivity index (χ0n) is 11.0. The molecule has 0 saturated carbocycles. The third kappa shape index (κ3) is 3.40. The summed E-state index contributed by atoms with van der Waals surface area (Å²) < 4.78 is 27.0. The molecule has 0 aromatic carbocycles. The van der Waals surface area contributed by atoms with E-state index in [0.29, 0.717) is 17.8 Å². The van der Waals surface area contributed by atoms with Crippen molar-refractivity contribution in [3.05, 3.63) is 38.6 Å². The molecule has 1 unspecified atom stereocenters. The van der Waals surface area contributed by atoms with Crippen LogP contribution in [0.1, 0.15) is 24.3 Å². The van der Waals surface area contributed by atoms with E-state index in [2.05, 4.69) is 4.72 Å². The van der Waals surface area contributed by atoms with Gasteiger partial charge in [0, 0.05) is 10.9 Å². The van der Waals surface area contributed by atoms with Gasteiger partial charge in [-0.1, -0.05) is 24.3 Å². The molecular formula is C11H13N3O4S3. The predicted molar refractivity (Wildman–Crippen MR) is 83.1 cm³/mol. The molecule has 0 aliphatic rings. The maximum absolute atomic E-state index is 12.3. The number of nitro groups is 1. The van der Waals surface area contributed by atoms with Crippen LogP contribution in [0.5, 0.6) is 0 Å². The fourth-order valence-corrected chi connectivity index (χ4v) is 5.19. The molecule has 2 rings (SSSR count). The summed E-state index contributed by atoms with van der Waals surface area (Å²) in [4.78, 5) is 10.9. The summed E-state index contributed by atoms with van der Waals surface area (Å²) in [6, 6.07) is 4.30. The molecule has 2 aromatic heterocycles. The molecule has 10 heteroatoms. The molecule has 1 atom stereocenters. The van der Waals surface area contributed by atoms with Gasteiger partial charge in [0.2, 0.25) is 0 Å². The maximum atomic E-state index is 12.3. The predicted octanol–water partition coefficient (Wildman–Crippen LogP) is 2.73. The van der Waals surface area contributed by atoms with Gasteiger partial charge in [-0.25, -0.2) is 13.1 Å². The van der Waals surface area contributed by atoms with Crippen molar-refractivity contribution in [1.29, 1.82) is 0 Å². The minimum atomic E-state index is -3.84. The first-order valence-electron chi connectivity index (χ1n) is 5.94. The smallest absolute Gasteiger partial charge is 0.304 e. The number of nitrogens with one attached hydrogen (secondary N) is 1. The van der Waals surface area contributed by atoms with Gasteiger partial charge in [0.25, 0.3) is 10.0 Å². The van der Waals surface area contributed by atoms with E-state index in [1.807, 2.05) is 24.4 Å². The molecule has 3 N–H and O–H groups in total. The summed E-state index contributed by atoms with van der Waals surface area (Å²) in [5.74, 6) is 0. The van der Waals surface area contributed by atoms with Crippen molar-refractivity contribution in [1.82, 2.24) is 4.72 Å². The summed E-state index contributed by atoms with van der Waals surface area (Å²) in [7, 11) is -3.84. The number of hydrogen-bond donors (Lipinski definition) is 2. The number of anilines is 1. The zero-order valence-corrected chi connectivity index (χ0v) is 13.4. The van der Waals surface area contributed by atoms with Crippen LogP contribution < -0.4 is 10.5 Å². The van der Waals surface area contributed by atoms with Crippen molar-refractivity contribution in [2.45, 2.75) is 23.6 Å². The topological polar surface area (TPSA) is 115 Å². The second-order valence-corrected chi connectivity index (χ2v) is 8.17. The summed E-state index contributed by atoms with van der Waals surface area (Å²) in [5, 5.41) is 12.5. The van der Waals surface area contributed by atoms with Crippen LogP contribution in [-0.4, -0.2) is 13.3 Å².